The molecule has 1 unspecified atom stereocenters. The molecular weight excluding hydrogens is 332 g/mol. The lowest BCUT2D eigenvalue weighted by molar-refractivity contribution is 0.0696. The molecule has 2 heterocycles. The van der Waals surface area contributed by atoms with Gasteiger partial charge in [0.1, 0.15) is 10.4 Å². The van der Waals surface area contributed by atoms with E-state index >= 15 is 0 Å². The van der Waals surface area contributed by atoms with Gasteiger partial charge in [-0.25, -0.2) is 22.2 Å². The van der Waals surface area contributed by atoms with Gasteiger partial charge in [0.2, 0.25) is 10.0 Å². The van der Waals surface area contributed by atoms with E-state index in [4.69, 9.17) is 0 Å². The zero-order valence-corrected chi connectivity index (χ0v) is 13.5. The van der Waals surface area contributed by atoms with Gasteiger partial charge < -0.3 is 5.11 Å². The Morgan fingerprint density at radius 2 is 2.17 bits per heavy atom. The molecule has 24 heavy (non-hydrogen) atoms. The number of pyridine rings is 1. The molecule has 2 aromatic heterocycles. The van der Waals surface area contributed by atoms with Gasteiger partial charge in [-0.05, 0) is 25.5 Å². The van der Waals surface area contributed by atoms with Crippen molar-refractivity contribution in [3.63, 3.8) is 0 Å². The molecule has 124 valence electrons. The molecule has 1 atom stereocenters. The number of hydrogen-bond acceptors (Lipinski definition) is 5. The second-order valence-electron chi connectivity index (χ2n) is 5.63. The molecule has 2 aromatic rings. The number of rotatable bonds is 4. The Bertz CT molecular complexity index is 1020. The summed E-state index contributed by atoms with van der Waals surface area (Å²) in [6.45, 7) is 1.52. The summed E-state index contributed by atoms with van der Waals surface area (Å²) in [5.41, 5.74) is -0.864. The van der Waals surface area contributed by atoms with Crippen molar-refractivity contribution in [2.24, 2.45) is 0 Å². The zero-order chi connectivity index (χ0) is 17.5. The molecule has 0 amide bonds. The predicted octanol–water partition coefficient (Wildman–Crippen LogP) is 2.00. The normalized spacial score (nSPS) is 20.4. The number of hydrogen-bond donors (Lipinski definition) is 1. The molecule has 7 nitrogen and oxygen atoms in total. The third-order valence-electron chi connectivity index (χ3n) is 4.10. The van der Waals surface area contributed by atoms with Crippen molar-refractivity contribution in [2.45, 2.75) is 18.1 Å². The van der Waals surface area contributed by atoms with Crippen LogP contribution in [0.5, 0.6) is 0 Å². The molecular formula is C16H14N2O5S. The monoisotopic (exact) mass is 346 g/mol. The summed E-state index contributed by atoms with van der Waals surface area (Å²) in [5.74, 6) is -1.38. The van der Waals surface area contributed by atoms with Crippen molar-refractivity contribution in [1.29, 1.82) is 0 Å². The number of carboxylic acids is 1. The summed E-state index contributed by atoms with van der Waals surface area (Å²) in [4.78, 5) is 27.1. The van der Waals surface area contributed by atoms with Gasteiger partial charge in [0.15, 0.2) is 11.9 Å². The number of fused-ring (bicyclic) bond motifs is 1. The molecule has 3 rings (SSSR count). The SMILES string of the molecule is CC1(S(=O)(=O)n2c(C=O)c(C(=O)O)c3cccnc32)C=CC=CC1. The summed E-state index contributed by atoms with van der Waals surface area (Å²) in [5, 5.41) is 9.53. The van der Waals surface area contributed by atoms with Crippen LogP contribution in [0.15, 0.2) is 42.6 Å². The molecule has 0 saturated heterocycles. The van der Waals surface area contributed by atoms with E-state index in [0.717, 1.165) is 3.97 Å². The Balaban J connectivity index is 2.42. The van der Waals surface area contributed by atoms with Crippen LogP contribution in [0.2, 0.25) is 0 Å². The lowest BCUT2D eigenvalue weighted by atomic mass is 10.0. The largest absolute Gasteiger partial charge is 0.478 e. The fraction of sp³-hybridized carbons (Fsp3) is 0.188. The van der Waals surface area contributed by atoms with Gasteiger partial charge in [-0.3, -0.25) is 4.79 Å². The Morgan fingerprint density at radius 1 is 1.42 bits per heavy atom. The lowest BCUT2D eigenvalue weighted by Crippen LogP contribution is -2.39. The summed E-state index contributed by atoms with van der Waals surface area (Å²) in [6, 6.07) is 2.93. The quantitative estimate of drug-likeness (QED) is 0.849. The topological polar surface area (TPSA) is 106 Å². The summed E-state index contributed by atoms with van der Waals surface area (Å²) >= 11 is 0. The molecule has 8 heteroatoms. The summed E-state index contributed by atoms with van der Waals surface area (Å²) in [6.07, 6.45) is 8.37. The number of aromatic nitrogens is 2. The Labute approximate surface area is 138 Å². The van der Waals surface area contributed by atoms with Gasteiger partial charge in [-0.2, -0.15) is 0 Å². The Kier molecular flexibility index (Phi) is 3.64. The van der Waals surface area contributed by atoms with E-state index in [9.17, 15) is 23.1 Å². The molecule has 0 saturated carbocycles. The van der Waals surface area contributed by atoms with Crippen molar-refractivity contribution < 1.29 is 23.1 Å². The number of carbonyl (C=O) groups excluding carboxylic acids is 1. The highest BCUT2D eigenvalue weighted by molar-refractivity contribution is 7.91. The molecule has 0 bridgehead atoms. The van der Waals surface area contributed by atoms with Crippen molar-refractivity contribution in [3.05, 3.63) is 53.9 Å². The standard InChI is InChI=1S/C16H14N2O5S/c1-16(7-3-2-4-8-16)24(22,23)18-12(10-19)13(15(20)21)11-6-5-9-17-14(11)18/h2-7,9-10H,8H2,1H3,(H,20,21). The van der Waals surface area contributed by atoms with Gasteiger partial charge >= 0.3 is 5.97 Å². The Hall–Kier alpha value is -2.74. The smallest absolute Gasteiger partial charge is 0.338 e. The van der Waals surface area contributed by atoms with Crippen molar-refractivity contribution in [2.75, 3.05) is 0 Å². The predicted molar refractivity (Wildman–Crippen MR) is 87.7 cm³/mol. The minimum absolute atomic E-state index is 0.0684. The van der Waals surface area contributed by atoms with Crippen LogP contribution < -0.4 is 0 Å². The average molecular weight is 346 g/mol. The van der Waals surface area contributed by atoms with Gasteiger partial charge in [0.05, 0.1) is 5.56 Å². The number of aldehydes is 1. The van der Waals surface area contributed by atoms with Gasteiger partial charge in [-0.1, -0.05) is 24.3 Å². The van der Waals surface area contributed by atoms with Crippen LogP contribution in [0.1, 0.15) is 34.2 Å². The van der Waals surface area contributed by atoms with Crippen molar-refractivity contribution in [1.82, 2.24) is 8.96 Å². The van der Waals surface area contributed by atoms with Crippen molar-refractivity contribution >= 4 is 33.3 Å². The first-order chi connectivity index (χ1) is 11.3. The highest BCUT2D eigenvalue weighted by Crippen LogP contribution is 2.34. The van der Waals surface area contributed by atoms with Crippen LogP contribution in [0.4, 0.5) is 0 Å². The highest BCUT2D eigenvalue weighted by Gasteiger charge is 2.41. The van der Waals surface area contributed by atoms with Crippen LogP contribution >= 0.6 is 0 Å². The van der Waals surface area contributed by atoms with Crippen molar-refractivity contribution in [3.8, 4) is 0 Å². The number of nitrogens with zero attached hydrogens (tertiary/aromatic N) is 2. The first-order valence-corrected chi connectivity index (χ1v) is 8.55. The maximum atomic E-state index is 13.2. The molecule has 1 aliphatic carbocycles. The van der Waals surface area contributed by atoms with Crippen LogP contribution in [-0.2, 0) is 10.0 Å². The molecule has 0 fully saturated rings. The van der Waals surface area contributed by atoms with Gasteiger partial charge in [0, 0.05) is 11.6 Å². The third kappa shape index (κ3) is 2.10. The average Bonchev–Trinajstić information content (AvgIpc) is 2.90. The number of carboxylic acid groups (broad SMARTS) is 1. The van der Waals surface area contributed by atoms with Crippen LogP contribution in [0.25, 0.3) is 11.0 Å². The molecule has 1 N–H and O–H groups in total. The van der Waals surface area contributed by atoms with E-state index in [1.54, 1.807) is 18.2 Å². The van der Waals surface area contributed by atoms with E-state index in [1.165, 1.54) is 31.3 Å². The summed E-state index contributed by atoms with van der Waals surface area (Å²) < 4.78 is 25.9. The number of carbonyl (C=O) groups is 2. The second-order valence-corrected chi connectivity index (χ2v) is 7.88. The molecule has 0 aromatic carbocycles. The number of allylic oxidation sites excluding steroid dienone is 3. The lowest BCUT2D eigenvalue weighted by Gasteiger charge is -2.27. The number of aromatic carboxylic acids is 1. The first kappa shape index (κ1) is 16.1. The summed E-state index contributed by atoms with van der Waals surface area (Å²) in [7, 11) is -4.12. The van der Waals surface area contributed by atoms with Crippen LogP contribution in [0.3, 0.4) is 0 Å². The van der Waals surface area contributed by atoms with E-state index in [1.807, 2.05) is 0 Å². The van der Waals surface area contributed by atoms with E-state index in [2.05, 4.69) is 4.98 Å². The second kappa shape index (κ2) is 5.41. The maximum Gasteiger partial charge on any atom is 0.338 e. The zero-order valence-electron chi connectivity index (χ0n) is 12.7. The molecule has 0 radical (unpaired) electrons. The van der Waals surface area contributed by atoms with Crippen LogP contribution in [-0.4, -0.2) is 39.5 Å². The van der Waals surface area contributed by atoms with E-state index in [0.29, 0.717) is 0 Å². The molecule has 0 spiro atoms. The maximum absolute atomic E-state index is 13.2. The van der Waals surface area contributed by atoms with Gasteiger partial charge in [0.25, 0.3) is 0 Å². The van der Waals surface area contributed by atoms with E-state index in [-0.39, 0.29) is 29.3 Å². The fourth-order valence-electron chi connectivity index (χ4n) is 2.79. The minimum atomic E-state index is -4.12. The molecule has 0 aliphatic heterocycles. The van der Waals surface area contributed by atoms with Gasteiger partial charge in [-0.15, -0.1) is 0 Å². The third-order valence-corrected chi connectivity index (χ3v) is 6.43. The fourth-order valence-corrected chi connectivity index (χ4v) is 4.53. The molecule has 1 aliphatic rings. The van der Waals surface area contributed by atoms with E-state index < -0.39 is 26.4 Å². The Morgan fingerprint density at radius 3 is 2.75 bits per heavy atom. The first-order valence-electron chi connectivity index (χ1n) is 7.11. The highest BCUT2D eigenvalue weighted by atomic mass is 32.2. The minimum Gasteiger partial charge on any atom is -0.478 e. The van der Waals surface area contributed by atoms with Crippen LogP contribution in [0, 0.1) is 0 Å².